The van der Waals surface area contributed by atoms with Crippen LogP contribution >= 0.6 is 57.5 Å². The van der Waals surface area contributed by atoms with Crippen LogP contribution in [0.5, 0.6) is 0 Å². The van der Waals surface area contributed by atoms with Gasteiger partial charge in [-0.05, 0) is 152 Å². The summed E-state index contributed by atoms with van der Waals surface area (Å²) >= 11 is 7.90. The zero-order chi connectivity index (χ0) is 59.4. The molecule has 6 aromatic rings. The van der Waals surface area contributed by atoms with Gasteiger partial charge in [-0.1, -0.05) is 43.3 Å². The molecule has 3 aliphatic heterocycles. The van der Waals surface area contributed by atoms with Crippen LogP contribution in [-0.2, 0) is 60.2 Å². The van der Waals surface area contributed by atoms with Crippen molar-refractivity contribution in [2.75, 3.05) is 18.8 Å². The van der Waals surface area contributed by atoms with Crippen LogP contribution < -0.4 is 0 Å². The van der Waals surface area contributed by atoms with Gasteiger partial charge >= 0.3 is 0 Å². The van der Waals surface area contributed by atoms with Gasteiger partial charge in [0.1, 0.15) is 66.4 Å². The van der Waals surface area contributed by atoms with Gasteiger partial charge in [0.05, 0.1) is 17.1 Å². The van der Waals surface area contributed by atoms with Gasteiger partial charge in [-0.15, -0.1) is 57.5 Å². The lowest BCUT2D eigenvalue weighted by molar-refractivity contribution is -0.185. The predicted molar refractivity (Wildman–Crippen MR) is 323 cm³/mol. The van der Waals surface area contributed by atoms with Gasteiger partial charge in [0, 0.05) is 63.1 Å². The Morgan fingerprint density at radius 1 is 0.450 bits per heavy atom. The third kappa shape index (κ3) is 12.8. The second kappa shape index (κ2) is 23.5. The van der Waals surface area contributed by atoms with Gasteiger partial charge in [0.15, 0.2) is 34.7 Å². The fourth-order valence-electron chi connectivity index (χ4n) is 10.2. The Kier molecular flexibility index (Phi) is 18.5. The highest BCUT2D eigenvalue weighted by Gasteiger charge is 2.57. The Morgan fingerprint density at radius 2 is 0.713 bits per heavy atom. The van der Waals surface area contributed by atoms with Crippen molar-refractivity contribution >= 4 is 103 Å². The molecule has 0 aliphatic carbocycles. The molecule has 3 aliphatic rings. The van der Waals surface area contributed by atoms with E-state index in [2.05, 4.69) is 17.1 Å². The van der Waals surface area contributed by atoms with E-state index in [-0.39, 0.29) is 34.7 Å². The van der Waals surface area contributed by atoms with Crippen LogP contribution in [0.15, 0.2) is 87.5 Å². The third-order valence-electron chi connectivity index (χ3n) is 14.3. The number of thioether (sulfide) groups is 2. The minimum absolute atomic E-state index is 0.212. The van der Waals surface area contributed by atoms with Gasteiger partial charge in [-0.2, -0.15) is 0 Å². The summed E-state index contributed by atoms with van der Waals surface area (Å²) in [5, 5.41) is 2.41. The molecule has 3 saturated heterocycles. The number of thiazole rings is 3. The van der Waals surface area contributed by atoms with E-state index in [1.807, 2.05) is 81.8 Å². The second-order valence-corrected chi connectivity index (χ2v) is 29.5. The van der Waals surface area contributed by atoms with Crippen LogP contribution in [-0.4, -0.2) is 106 Å². The van der Waals surface area contributed by atoms with Gasteiger partial charge in [-0.25, -0.2) is 15.0 Å². The van der Waals surface area contributed by atoms with Crippen LogP contribution in [0.2, 0.25) is 0 Å². The van der Waals surface area contributed by atoms with Crippen LogP contribution in [0.1, 0.15) is 139 Å². The SMILES string of the molecule is CCc1sc(-c2ccc(SC)cc2)nc1C1C(=O)C(C)(C)OC(C)(C)C1=O.CSc1ccc(-c2nc(C3C(=O)C(C)(C)OC(C)(C)C3=O)c(C)s2)cc1.Cc1sc(-c2ccc(S(C)=O)cc2)nc1C1C(=O)C(C)(C)OC(C)(C)C1=O. The van der Waals surface area contributed by atoms with Crippen molar-refractivity contribution in [3.05, 3.63) is 105 Å². The van der Waals surface area contributed by atoms with E-state index in [1.165, 1.54) is 32.5 Å². The number of ketones is 6. The molecule has 426 valence electrons. The number of benzene rings is 3. The van der Waals surface area contributed by atoms with Gasteiger partial charge in [-0.3, -0.25) is 33.0 Å². The number of aryl methyl sites for hydroxylation is 3. The Labute approximate surface area is 493 Å². The Bertz CT molecular complexity index is 3320. The quantitative estimate of drug-likeness (QED) is 0.0931. The number of nitrogens with zero attached hydrogens (tertiary/aromatic N) is 3. The normalized spacial score (nSPS) is 20.0. The molecule has 0 N–H and O–H groups in total. The van der Waals surface area contributed by atoms with E-state index in [9.17, 15) is 33.0 Å². The Hall–Kier alpha value is -4.70. The number of carbonyl (C=O) groups is 6. The smallest absolute Gasteiger partial charge is 0.180 e. The molecule has 1 atom stereocenters. The van der Waals surface area contributed by atoms with Crippen LogP contribution in [0.3, 0.4) is 0 Å². The van der Waals surface area contributed by atoms with E-state index in [4.69, 9.17) is 24.2 Å². The molecule has 3 aromatic carbocycles. The van der Waals surface area contributed by atoms with E-state index in [0.717, 1.165) is 57.7 Å². The lowest BCUT2D eigenvalue weighted by atomic mass is 9.76. The summed E-state index contributed by atoms with van der Waals surface area (Å²) in [6.45, 7) is 26.4. The van der Waals surface area contributed by atoms with Crippen molar-refractivity contribution in [1.29, 1.82) is 0 Å². The Balaban J connectivity index is 0.000000173. The van der Waals surface area contributed by atoms with Crippen LogP contribution in [0.4, 0.5) is 0 Å². The maximum atomic E-state index is 13.1. The molecule has 0 radical (unpaired) electrons. The first-order valence-electron chi connectivity index (χ1n) is 26.1. The Morgan fingerprint density at radius 3 is 0.988 bits per heavy atom. The number of rotatable bonds is 10. The minimum Gasteiger partial charge on any atom is -0.354 e. The van der Waals surface area contributed by atoms with Gasteiger partial charge in [0.2, 0.25) is 0 Å². The number of ether oxygens (including phenoxy) is 3. The molecule has 0 bridgehead atoms. The highest BCUT2D eigenvalue weighted by atomic mass is 32.2. The standard InChI is InChI=1S/C21H25NO3S2.C20H23NO4S2.C20H23NO3S2/c1-7-14-16(15-17(23)20(2,3)25-21(4,5)18(15)24)22-19(27-14)12-8-10-13(26-6)11-9-12;1-11-15(14-16(22)19(2,3)25-20(4,5)17(14)23)21-18(26-11)12-7-9-13(10-8-12)27(6)24;1-11-15(14-16(22)19(2,3)24-20(4,5)17(14)23)21-18(26-11)12-7-9-13(25-6)10-8-12/h8-11,15H,7H2,1-6H3;7-10,14H,1-6H3;7-10,14H,1-6H3. The maximum absolute atomic E-state index is 13.1. The summed E-state index contributed by atoms with van der Waals surface area (Å²) in [5.74, 6) is -4.05. The van der Waals surface area contributed by atoms with Crippen molar-refractivity contribution in [3.8, 4) is 31.7 Å². The highest BCUT2D eigenvalue weighted by Crippen LogP contribution is 2.45. The number of hydrogen-bond acceptors (Lipinski definition) is 18. The fourth-order valence-corrected chi connectivity index (χ4v) is 14.5. The zero-order valence-corrected chi connectivity index (χ0v) is 53.6. The maximum Gasteiger partial charge on any atom is 0.180 e. The largest absolute Gasteiger partial charge is 0.354 e. The highest BCUT2D eigenvalue weighted by molar-refractivity contribution is 7.98. The molecule has 3 aromatic heterocycles. The van der Waals surface area contributed by atoms with Crippen molar-refractivity contribution in [2.45, 2.75) is 176 Å². The lowest BCUT2D eigenvalue weighted by Crippen LogP contribution is -2.58. The second-order valence-electron chi connectivity index (χ2n) is 22.9. The van der Waals surface area contributed by atoms with E-state index >= 15 is 0 Å². The summed E-state index contributed by atoms with van der Waals surface area (Å²) < 4.78 is 28.9. The first-order valence-corrected chi connectivity index (χ1v) is 32.6. The molecule has 6 heterocycles. The molecular formula is C61H71N3O10S6. The number of Topliss-reactive ketones (excluding diaryl/α,β-unsaturated/α-hetero) is 6. The van der Waals surface area contributed by atoms with Crippen molar-refractivity contribution < 1.29 is 47.2 Å². The average molecular weight is 1200 g/mol. The van der Waals surface area contributed by atoms with Crippen molar-refractivity contribution in [3.63, 3.8) is 0 Å². The summed E-state index contributed by atoms with van der Waals surface area (Å²) in [7, 11) is -1.04. The average Bonchev–Trinajstić information content (AvgIpc) is 4.11. The molecule has 3 fully saturated rings. The predicted octanol–water partition coefficient (Wildman–Crippen LogP) is 13.2. The molecule has 9 rings (SSSR count). The number of aromatic nitrogens is 3. The molecule has 1 unspecified atom stereocenters. The molecule has 0 amide bonds. The summed E-state index contributed by atoms with van der Waals surface area (Å²) in [6.07, 6.45) is 6.44. The molecule has 13 nitrogen and oxygen atoms in total. The van der Waals surface area contributed by atoms with Crippen molar-refractivity contribution in [1.82, 2.24) is 15.0 Å². The van der Waals surface area contributed by atoms with E-state index < -0.39 is 62.2 Å². The number of carbonyl (C=O) groups excluding carboxylic acids is 6. The van der Waals surface area contributed by atoms with Gasteiger partial charge < -0.3 is 14.2 Å². The van der Waals surface area contributed by atoms with E-state index in [1.54, 1.807) is 136 Å². The summed E-state index contributed by atoms with van der Waals surface area (Å²) in [4.78, 5) is 97.9. The molecule has 0 saturated carbocycles. The molecular weight excluding hydrogens is 1130 g/mol. The topological polar surface area (TPSA) is 186 Å². The van der Waals surface area contributed by atoms with Gasteiger partial charge in [0.25, 0.3) is 0 Å². The van der Waals surface area contributed by atoms with E-state index in [0.29, 0.717) is 17.1 Å². The molecule has 0 spiro atoms. The first kappa shape index (κ1) is 62.9. The lowest BCUT2D eigenvalue weighted by Gasteiger charge is -2.42. The summed E-state index contributed by atoms with van der Waals surface area (Å²) in [6, 6.07) is 23.7. The minimum atomic E-state index is -1.05. The molecule has 19 heteroatoms. The van der Waals surface area contributed by atoms with Crippen molar-refractivity contribution in [2.24, 2.45) is 0 Å². The third-order valence-corrected chi connectivity index (χ3v) is 20.1. The summed E-state index contributed by atoms with van der Waals surface area (Å²) in [5.41, 5.74) is -1.62. The monoisotopic (exact) mass is 1200 g/mol. The molecule has 80 heavy (non-hydrogen) atoms. The zero-order valence-electron chi connectivity index (χ0n) is 48.7. The first-order chi connectivity index (χ1) is 37.1. The number of hydrogen-bond donors (Lipinski definition) is 0. The van der Waals surface area contributed by atoms with Crippen LogP contribution in [0.25, 0.3) is 31.7 Å². The fraction of sp³-hybridized carbons (Fsp3) is 0.459. The van der Waals surface area contributed by atoms with Crippen LogP contribution in [0, 0.1) is 13.8 Å².